The molecule has 2 aliphatic rings. The van der Waals surface area contributed by atoms with E-state index in [9.17, 15) is 0 Å². The fourth-order valence-electron chi connectivity index (χ4n) is 4.12. The van der Waals surface area contributed by atoms with Crippen molar-refractivity contribution in [2.75, 3.05) is 31.9 Å². The van der Waals surface area contributed by atoms with Crippen LogP contribution in [0.1, 0.15) is 42.5 Å². The molecule has 2 N–H and O–H groups in total. The second-order valence-electron chi connectivity index (χ2n) is 7.87. The van der Waals surface area contributed by atoms with E-state index in [1.165, 1.54) is 37.8 Å². The van der Waals surface area contributed by atoms with Crippen molar-refractivity contribution in [3.05, 3.63) is 66.0 Å². The molecule has 4 heteroatoms. The van der Waals surface area contributed by atoms with Crippen LogP contribution in [-0.4, -0.2) is 47.0 Å². The molecule has 142 valence electrons. The molecule has 0 radical (unpaired) electrons. The number of aromatic nitrogens is 1. The molecule has 2 fully saturated rings. The van der Waals surface area contributed by atoms with Gasteiger partial charge in [-0.2, -0.15) is 0 Å². The zero-order chi connectivity index (χ0) is 18.6. The van der Waals surface area contributed by atoms with Gasteiger partial charge in [-0.15, -0.1) is 0 Å². The van der Waals surface area contributed by atoms with Crippen LogP contribution in [0.15, 0.2) is 49.2 Å². The summed E-state index contributed by atoms with van der Waals surface area (Å²) in [7, 11) is 0. The molecule has 1 aliphatic carbocycles. The minimum Gasteiger partial charge on any atom is -0.399 e. The zero-order valence-electron chi connectivity index (χ0n) is 16.1. The minimum atomic E-state index is 0.801. The molecule has 0 bridgehead atoms. The molecule has 27 heavy (non-hydrogen) atoms. The van der Waals surface area contributed by atoms with Crippen LogP contribution >= 0.6 is 0 Å². The lowest BCUT2D eigenvalue weighted by atomic mass is 9.91. The summed E-state index contributed by atoms with van der Waals surface area (Å²) in [4.78, 5) is 9.79. The lowest BCUT2D eigenvalue weighted by Gasteiger charge is -2.36. The summed E-state index contributed by atoms with van der Waals surface area (Å²) in [6.07, 6.45) is 8.18. The van der Waals surface area contributed by atoms with Gasteiger partial charge in [0, 0.05) is 67.5 Å². The molecule has 4 nitrogen and oxygen atoms in total. The van der Waals surface area contributed by atoms with Gasteiger partial charge >= 0.3 is 0 Å². The van der Waals surface area contributed by atoms with E-state index < -0.39 is 0 Å². The van der Waals surface area contributed by atoms with Crippen LogP contribution < -0.4 is 5.73 Å². The number of rotatable bonds is 5. The summed E-state index contributed by atoms with van der Waals surface area (Å²) >= 11 is 0. The Labute approximate surface area is 162 Å². The van der Waals surface area contributed by atoms with Crippen molar-refractivity contribution in [3.8, 4) is 0 Å². The fraction of sp³-hybridized carbons (Fsp3) is 0.435. The first-order chi connectivity index (χ1) is 13.2. The van der Waals surface area contributed by atoms with Gasteiger partial charge in [0.15, 0.2) is 0 Å². The first kappa shape index (κ1) is 18.1. The van der Waals surface area contributed by atoms with Crippen LogP contribution in [0.4, 0.5) is 5.69 Å². The summed E-state index contributed by atoms with van der Waals surface area (Å²) in [5.74, 6) is 0. The molecule has 1 saturated carbocycles. The van der Waals surface area contributed by atoms with E-state index in [1.807, 2.05) is 24.4 Å². The van der Waals surface area contributed by atoms with E-state index in [-0.39, 0.29) is 0 Å². The van der Waals surface area contributed by atoms with Crippen LogP contribution in [0.5, 0.6) is 0 Å². The average Bonchev–Trinajstić information content (AvgIpc) is 2.87. The number of nitrogen functional groups attached to an aromatic ring is 1. The molecule has 1 aliphatic heterocycles. The number of benzene rings is 1. The number of pyridine rings is 1. The third-order valence-electron chi connectivity index (χ3n) is 6.00. The lowest BCUT2D eigenvalue weighted by Crippen LogP contribution is -2.42. The minimum absolute atomic E-state index is 0.801. The molecule has 2 heterocycles. The van der Waals surface area contributed by atoms with E-state index >= 15 is 0 Å². The van der Waals surface area contributed by atoms with Crippen molar-refractivity contribution in [2.45, 2.75) is 38.1 Å². The van der Waals surface area contributed by atoms with Crippen molar-refractivity contribution in [1.82, 2.24) is 14.8 Å². The molecule has 1 saturated heterocycles. The monoisotopic (exact) mass is 362 g/mol. The Morgan fingerprint density at radius 2 is 1.96 bits per heavy atom. The van der Waals surface area contributed by atoms with Crippen molar-refractivity contribution in [3.63, 3.8) is 0 Å². The zero-order valence-corrected chi connectivity index (χ0v) is 16.1. The summed E-state index contributed by atoms with van der Waals surface area (Å²) in [5.41, 5.74) is 11.2. The van der Waals surface area contributed by atoms with Crippen LogP contribution in [0.2, 0.25) is 0 Å². The molecular formula is C23H30N4. The number of anilines is 1. The predicted octanol–water partition coefficient (Wildman–Crippen LogP) is 3.79. The highest BCUT2D eigenvalue weighted by Gasteiger charge is 2.26. The molecular weight excluding hydrogens is 332 g/mol. The second-order valence-corrected chi connectivity index (χ2v) is 7.87. The quantitative estimate of drug-likeness (QED) is 0.822. The van der Waals surface area contributed by atoms with Crippen molar-refractivity contribution in [2.24, 2.45) is 0 Å². The Morgan fingerprint density at radius 3 is 2.67 bits per heavy atom. The SMILES string of the molecule is C=C(c1ccc(Cc2cccc(N)c2)nc1)N1CCCN(C2CCC2)CC1. The van der Waals surface area contributed by atoms with E-state index in [2.05, 4.69) is 39.6 Å². The van der Waals surface area contributed by atoms with E-state index in [0.29, 0.717) is 0 Å². The van der Waals surface area contributed by atoms with Gasteiger partial charge in [0.05, 0.1) is 0 Å². The fourth-order valence-corrected chi connectivity index (χ4v) is 4.12. The largest absolute Gasteiger partial charge is 0.399 e. The topological polar surface area (TPSA) is 45.4 Å². The van der Waals surface area contributed by atoms with Crippen molar-refractivity contribution in [1.29, 1.82) is 0 Å². The maximum atomic E-state index is 5.87. The van der Waals surface area contributed by atoms with E-state index in [1.54, 1.807) is 0 Å². The van der Waals surface area contributed by atoms with Gasteiger partial charge in [-0.25, -0.2) is 0 Å². The highest BCUT2D eigenvalue weighted by atomic mass is 15.2. The molecule has 2 aromatic rings. The maximum Gasteiger partial charge on any atom is 0.0447 e. The Kier molecular flexibility index (Phi) is 5.44. The number of hydrogen-bond donors (Lipinski definition) is 1. The summed E-state index contributed by atoms with van der Waals surface area (Å²) < 4.78 is 0. The lowest BCUT2D eigenvalue weighted by molar-refractivity contribution is 0.133. The third-order valence-corrected chi connectivity index (χ3v) is 6.00. The van der Waals surface area contributed by atoms with Gasteiger partial charge in [0.25, 0.3) is 0 Å². The smallest absolute Gasteiger partial charge is 0.0447 e. The highest BCUT2D eigenvalue weighted by molar-refractivity contribution is 5.61. The summed E-state index contributed by atoms with van der Waals surface area (Å²) in [6, 6.07) is 13.1. The Morgan fingerprint density at radius 1 is 1.07 bits per heavy atom. The maximum absolute atomic E-state index is 5.87. The van der Waals surface area contributed by atoms with Gasteiger partial charge in [-0.3, -0.25) is 9.88 Å². The number of hydrogen-bond acceptors (Lipinski definition) is 4. The Bertz CT molecular complexity index is 779. The molecule has 0 atom stereocenters. The average molecular weight is 363 g/mol. The van der Waals surface area contributed by atoms with E-state index in [4.69, 9.17) is 5.73 Å². The first-order valence-electron chi connectivity index (χ1n) is 10.2. The third kappa shape index (κ3) is 4.33. The van der Waals surface area contributed by atoms with Crippen molar-refractivity contribution >= 4 is 11.4 Å². The van der Waals surface area contributed by atoms with Crippen LogP contribution in [0.3, 0.4) is 0 Å². The molecule has 0 unspecified atom stereocenters. The van der Waals surface area contributed by atoms with Gasteiger partial charge in [-0.1, -0.05) is 25.1 Å². The number of nitrogens with zero attached hydrogens (tertiary/aromatic N) is 3. The van der Waals surface area contributed by atoms with Crippen LogP contribution in [0, 0.1) is 0 Å². The number of nitrogens with two attached hydrogens (primary N) is 1. The molecule has 0 spiro atoms. The van der Waals surface area contributed by atoms with Gasteiger partial charge in [0.1, 0.15) is 0 Å². The van der Waals surface area contributed by atoms with Gasteiger partial charge < -0.3 is 10.6 Å². The Hall–Kier alpha value is -2.33. The molecule has 1 aromatic carbocycles. The highest BCUT2D eigenvalue weighted by Crippen LogP contribution is 2.27. The standard InChI is InChI=1S/C23H30N4/c1-18(26-11-4-12-27(14-13-26)23-7-3-8-23)20-9-10-22(25-17-20)16-19-5-2-6-21(24)15-19/h2,5-6,9-10,15,17,23H,1,3-4,7-8,11-14,16,24H2. The van der Waals surface area contributed by atoms with Crippen LogP contribution in [-0.2, 0) is 6.42 Å². The molecule has 1 aromatic heterocycles. The summed E-state index contributed by atoms with van der Waals surface area (Å²) in [6.45, 7) is 8.92. The van der Waals surface area contributed by atoms with Gasteiger partial charge in [0.2, 0.25) is 0 Å². The molecule has 4 rings (SSSR count). The first-order valence-corrected chi connectivity index (χ1v) is 10.2. The second kappa shape index (κ2) is 8.13. The van der Waals surface area contributed by atoms with Crippen LogP contribution in [0.25, 0.3) is 5.70 Å². The summed E-state index contributed by atoms with van der Waals surface area (Å²) in [5, 5.41) is 0. The Balaban J connectivity index is 1.37. The molecule has 0 amide bonds. The van der Waals surface area contributed by atoms with E-state index in [0.717, 1.165) is 54.7 Å². The van der Waals surface area contributed by atoms with Crippen molar-refractivity contribution < 1.29 is 0 Å². The normalized spacial score (nSPS) is 18.7. The van der Waals surface area contributed by atoms with Gasteiger partial charge in [-0.05, 0) is 49.1 Å². The predicted molar refractivity (Wildman–Crippen MR) is 112 cm³/mol.